The van der Waals surface area contributed by atoms with E-state index >= 15 is 0 Å². The van der Waals surface area contributed by atoms with Crippen LogP contribution in [0.25, 0.3) is 0 Å². The molecule has 0 fully saturated rings. The minimum absolute atomic E-state index is 0.206. The standard InChI is InChI=1S/C14H22BCl/c1-6-14(15,7-2)10-12(5)9-13(16)8-11(3)4/h8-10H,6-7H2,1-5H3/b12-10+,13-9+. The van der Waals surface area contributed by atoms with Gasteiger partial charge in [0.15, 0.2) is 0 Å². The second-order valence-corrected chi connectivity index (χ2v) is 5.02. The van der Waals surface area contributed by atoms with E-state index in [4.69, 9.17) is 19.4 Å². The van der Waals surface area contributed by atoms with Gasteiger partial charge in [0.25, 0.3) is 0 Å². The van der Waals surface area contributed by atoms with E-state index in [1.165, 1.54) is 5.57 Å². The van der Waals surface area contributed by atoms with E-state index in [1.54, 1.807) is 0 Å². The molecule has 88 valence electrons. The van der Waals surface area contributed by atoms with Gasteiger partial charge in [0.05, 0.1) is 7.85 Å². The van der Waals surface area contributed by atoms with Crippen molar-refractivity contribution in [2.75, 3.05) is 0 Å². The second kappa shape index (κ2) is 7.01. The summed E-state index contributed by atoms with van der Waals surface area (Å²) in [7, 11) is 6.21. The first-order valence-electron chi connectivity index (χ1n) is 5.83. The molecule has 0 N–H and O–H groups in total. The molecule has 16 heavy (non-hydrogen) atoms. The van der Waals surface area contributed by atoms with Gasteiger partial charge in [0.1, 0.15) is 0 Å². The van der Waals surface area contributed by atoms with E-state index in [0.29, 0.717) is 0 Å². The normalized spacial score (nSPS) is 13.9. The molecule has 0 amide bonds. The maximum Gasteiger partial charge on any atom is 0.0802 e. The van der Waals surface area contributed by atoms with Gasteiger partial charge in [0.2, 0.25) is 0 Å². The molecule has 0 atom stereocenters. The quantitative estimate of drug-likeness (QED) is 0.456. The Balaban J connectivity index is 4.87. The van der Waals surface area contributed by atoms with Crippen LogP contribution in [0.2, 0.25) is 5.31 Å². The predicted molar refractivity (Wildman–Crippen MR) is 76.2 cm³/mol. The van der Waals surface area contributed by atoms with Gasteiger partial charge >= 0.3 is 0 Å². The number of halogens is 1. The monoisotopic (exact) mass is 236 g/mol. The van der Waals surface area contributed by atoms with E-state index in [1.807, 2.05) is 32.9 Å². The van der Waals surface area contributed by atoms with Crippen LogP contribution in [0.3, 0.4) is 0 Å². The first-order valence-corrected chi connectivity index (χ1v) is 6.21. The third-order valence-electron chi connectivity index (χ3n) is 2.62. The average molecular weight is 237 g/mol. The summed E-state index contributed by atoms with van der Waals surface area (Å²) >= 11 is 6.09. The lowest BCUT2D eigenvalue weighted by Gasteiger charge is -2.23. The van der Waals surface area contributed by atoms with Crippen LogP contribution in [-0.4, -0.2) is 7.85 Å². The van der Waals surface area contributed by atoms with E-state index in [2.05, 4.69) is 19.9 Å². The Bertz CT molecular complexity index is 303. The van der Waals surface area contributed by atoms with Crippen LogP contribution in [0.1, 0.15) is 47.5 Å². The average Bonchev–Trinajstić information content (AvgIpc) is 2.15. The second-order valence-electron chi connectivity index (χ2n) is 4.58. The van der Waals surface area contributed by atoms with Crippen LogP contribution in [0.15, 0.2) is 34.4 Å². The Morgan fingerprint density at radius 2 is 1.62 bits per heavy atom. The summed E-state index contributed by atoms with van der Waals surface area (Å²) < 4.78 is 0. The molecule has 0 saturated heterocycles. The largest absolute Gasteiger partial charge is 0.0843 e. The molecule has 0 bridgehead atoms. The van der Waals surface area contributed by atoms with E-state index in [-0.39, 0.29) is 5.31 Å². The molecule has 0 aromatic heterocycles. The van der Waals surface area contributed by atoms with Gasteiger partial charge < -0.3 is 0 Å². The van der Waals surface area contributed by atoms with Crippen molar-refractivity contribution in [2.24, 2.45) is 0 Å². The van der Waals surface area contributed by atoms with Crippen molar-refractivity contribution in [3.05, 3.63) is 34.4 Å². The summed E-state index contributed by atoms with van der Waals surface area (Å²) in [5, 5.41) is 0.547. The highest BCUT2D eigenvalue weighted by Crippen LogP contribution is 2.33. The van der Waals surface area contributed by atoms with Crippen molar-refractivity contribution in [3.63, 3.8) is 0 Å². The smallest absolute Gasteiger partial charge is 0.0802 e. The predicted octanol–water partition coefficient (Wildman–Crippen LogP) is 5.17. The molecule has 0 heterocycles. The fraction of sp³-hybridized carbons (Fsp3) is 0.571. The van der Waals surface area contributed by atoms with Crippen molar-refractivity contribution in [1.29, 1.82) is 0 Å². The van der Waals surface area contributed by atoms with Gasteiger partial charge in [0, 0.05) is 5.03 Å². The lowest BCUT2D eigenvalue weighted by Crippen LogP contribution is -2.07. The summed E-state index contributed by atoms with van der Waals surface area (Å²) in [6.07, 6.45) is 7.90. The summed E-state index contributed by atoms with van der Waals surface area (Å²) in [4.78, 5) is 0. The summed E-state index contributed by atoms with van der Waals surface area (Å²) in [6.45, 7) is 10.3. The van der Waals surface area contributed by atoms with Gasteiger partial charge in [-0.15, -0.1) is 0 Å². The van der Waals surface area contributed by atoms with Gasteiger partial charge in [-0.25, -0.2) is 0 Å². The van der Waals surface area contributed by atoms with Crippen LogP contribution in [0.5, 0.6) is 0 Å². The van der Waals surface area contributed by atoms with Crippen LogP contribution in [0, 0.1) is 0 Å². The zero-order chi connectivity index (χ0) is 12.8. The third kappa shape index (κ3) is 6.22. The summed E-state index contributed by atoms with van der Waals surface area (Å²) in [6, 6.07) is 0. The van der Waals surface area contributed by atoms with Crippen LogP contribution in [-0.2, 0) is 0 Å². The summed E-state index contributed by atoms with van der Waals surface area (Å²) in [5.41, 5.74) is 2.31. The molecule has 0 rings (SSSR count). The number of rotatable bonds is 5. The van der Waals surface area contributed by atoms with Gasteiger partial charge in [-0.2, -0.15) is 0 Å². The van der Waals surface area contributed by atoms with E-state index in [0.717, 1.165) is 23.4 Å². The SMILES string of the molecule is [B]C(/C=C(C)/C=C(/Cl)C=C(C)C)(CC)CC. The van der Waals surface area contributed by atoms with E-state index in [9.17, 15) is 0 Å². The van der Waals surface area contributed by atoms with E-state index < -0.39 is 0 Å². The van der Waals surface area contributed by atoms with Gasteiger partial charge in [-0.3, -0.25) is 0 Å². The highest BCUT2D eigenvalue weighted by molar-refractivity contribution is 6.31. The first kappa shape index (κ1) is 15.6. The molecule has 0 saturated carbocycles. The van der Waals surface area contributed by atoms with Gasteiger partial charge in [-0.05, 0) is 38.2 Å². The number of allylic oxidation sites excluding steroid dienone is 6. The molecule has 0 spiro atoms. The fourth-order valence-electron chi connectivity index (χ4n) is 1.48. The molecular formula is C14H22BCl. The third-order valence-corrected chi connectivity index (χ3v) is 2.84. The van der Waals surface area contributed by atoms with Crippen LogP contribution in [0.4, 0.5) is 0 Å². The molecule has 0 aliphatic heterocycles. The Kier molecular flexibility index (Phi) is 6.82. The zero-order valence-electron chi connectivity index (χ0n) is 11.1. The maximum absolute atomic E-state index is 6.21. The Hall–Kier alpha value is -0.425. The first-order chi connectivity index (χ1) is 7.33. The molecule has 0 aliphatic rings. The fourth-order valence-corrected chi connectivity index (χ4v) is 1.87. The van der Waals surface area contributed by atoms with Crippen molar-refractivity contribution in [1.82, 2.24) is 0 Å². The number of hydrogen-bond donors (Lipinski definition) is 0. The molecule has 0 aromatic rings. The molecule has 2 radical (unpaired) electrons. The highest BCUT2D eigenvalue weighted by Gasteiger charge is 2.15. The van der Waals surface area contributed by atoms with Crippen molar-refractivity contribution in [3.8, 4) is 0 Å². The minimum atomic E-state index is -0.206. The van der Waals surface area contributed by atoms with Gasteiger partial charge in [-0.1, -0.05) is 55.5 Å². The highest BCUT2D eigenvalue weighted by atomic mass is 35.5. The minimum Gasteiger partial charge on any atom is -0.0843 e. The summed E-state index contributed by atoms with van der Waals surface area (Å²) in [5.74, 6) is 0. The van der Waals surface area contributed by atoms with Crippen LogP contribution >= 0.6 is 11.6 Å². The number of hydrogen-bond acceptors (Lipinski definition) is 0. The Morgan fingerprint density at radius 1 is 1.12 bits per heavy atom. The molecular weight excluding hydrogens is 214 g/mol. The van der Waals surface area contributed by atoms with Crippen molar-refractivity contribution < 1.29 is 0 Å². The lowest BCUT2D eigenvalue weighted by atomic mass is 9.64. The lowest BCUT2D eigenvalue weighted by molar-refractivity contribution is 0.629. The molecule has 2 heteroatoms. The van der Waals surface area contributed by atoms with Crippen molar-refractivity contribution >= 4 is 19.4 Å². The Labute approximate surface area is 107 Å². The topological polar surface area (TPSA) is 0 Å². The van der Waals surface area contributed by atoms with Crippen molar-refractivity contribution in [2.45, 2.75) is 52.8 Å². The van der Waals surface area contributed by atoms with Crippen LogP contribution < -0.4 is 0 Å². The molecule has 0 unspecified atom stereocenters. The Morgan fingerprint density at radius 3 is 2.00 bits per heavy atom. The molecule has 0 aromatic carbocycles. The zero-order valence-corrected chi connectivity index (χ0v) is 11.9. The maximum atomic E-state index is 6.21. The molecule has 0 nitrogen and oxygen atoms in total. The molecule has 0 aliphatic carbocycles.